The fourth-order valence-electron chi connectivity index (χ4n) is 2.64. The Labute approximate surface area is 120 Å². The van der Waals surface area contributed by atoms with Crippen molar-refractivity contribution in [3.8, 4) is 0 Å². The molecule has 0 unspecified atom stereocenters. The van der Waals surface area contributed by atoms with Crippen LogP contribution >= 0.6 is 0 Å². The van der Waals surface area contributed by atoms with Gasteiger partial charge in [-0.1, -0.05) is 12.1 Å². The van der Waals surface area contributed by atoms with E-state index in [1.54, 1.807) is 0 Å². The molecule has 1 aliphatic rings. The van der Waals surface area contributed by atoms with Crippen LogP contribution in [0.1, 0.15) is 37.3 Å². The molecule has 1 aromatic carbocycles. The number of carbonyl (C=O) groups is 1. The third-order valence-corrected chi connectivity index (χ3v) is 4.03. The van der Waals surface area contributed by atoms with Gasteiger partial charge in [0, 0.05) is 25.3 Å². The Balaban J connectivity index is 1.72. The van der Waals surface area contributed by atoms with Gasteiger partial charge in [0.05, 0.1) is 6.10 Å². The average molecular weight is 276 g/mol. The molecule has 110 valence electrons. The minimum atomic E-state index is 0.117. The normalized spacial score (nSPS) is 21.3. The Morgan fingerprint density at radius 1 is 1.45 bits per heavy atom. The zero-order chi connectivity index (χ0) is 14.5. The maximum Gasteiger partial charge on any atom is 0.220 e. The molecule has 0 spiro atoms. The van der Waals surface area contributed by atoms with Crippen LogP contribution in [0, 0.1) is 12.8 Å². The van der Waals surface area contributed by atoms with Crippen LogP contribution in [0.15, 0.2) is 18.2 Å². The maximum atomic E-state index is 11.9. The van der Waals surface area contributed by atoms with Gasteiger partial charge in [0.15, 0.2) is 0 Å². The first-order valence-electron chi connectivity index (χ1n) is 7.32. The molecule has 3 N–H and O–H groups in total. The molecule has 0 aliphatic heterocycles. The molecular weight excluding hydrogens is 252 g/mol. The number of anilines is 1. The Morgan fingerprint density at radius 3 is 2.90 bits per heavy atom. The summed E-state index contributed by atoms with van der Waals surface area (Å²) < 4.78 is 5.50. The second-order valence-corrected chi connectivity index (χ2v) is 5.53. The van der Waals surface area contributed by atoms with Crippen LogP contribution < -0.4 is 11.1 Å². The number of nitrogen functional groups attached to an aromatic ring is 1. The molecule has 0 radical (unpaired) electrons. The lowest BCUT2D eigenvalue weighted by Crippen LogP contribution is -2.35. The predicted molar refractivity (Wildman–Crippen MR) is 80.2 cm³/mol. The largest absolute Gasteiger partial charge is 0.399 e. The highest BCUT2D eigenvalue weighted by atomic mass is 16.5. The number of nitrogens with one attached hydrogen (secondary N) is 1. The van der Waals surface area contributed by atoms with Gasteiger partial charge in [-0.15, -0.1) is 0 Å². The van der Waals surface area contributed by atoms with Gasteiger partial charge < -0.3 is 15.8 Å². The van der Waals surface area contributed by atoms with Crippen molar-refractivity contribution in [2.45, 2.75) is 45.8 Å². The Morgan fingerprint density at radius 2 is 2.20 bits per heavy atom. The van der Waals surface area contributed by atoms with Gasteiger partial charge in [0.2, 0.25) is 5.91 Å². The van der Waals surface area contributed by atoms with E-state index in [9.17, 15) is 4.79 Å². The summed E-state index contributed by atoms with van der Waals surface area (Å²) in [4.78, 5) is 11.9. The van der Waals surface area contributed by atoms with E-state index in [4.69, 9.17) is 10.5 Å². The molecule has 0 aromatic heterocycles. The number of nitrogens with two attached hydrogens (primary N) is 1. The molecular formula is C16H24N2O2. The molecule has 0 saturated heterocycles. The van der Waals surface area contributed by atoms with E-state index >= 15 is 0 Å². The SMILES string of the molecule is CCOC1CC(CC(=O)NCc2cccc(N)c2C)C1. The predicted octanol–water partition coefficient (Wildman–Crippen LogP) is 2.40. The number of rotatable bonds is 6. The number of ether oxygens (including phenoxy) is 1. The van der Waals surface area contributed by atoms with Crippen LogP contribution in [-0.4, -0.2) is 18.6 Å². The van der Waals surface area contributed by atoms with Crippen LogP contribution in [0.5, 0.6) is 0 Å². The first-order chi connectivity index (χ1) is 9.60. The van der Waals surface area contributed by atoms with Crippen molar-refractivity contribution in [2.75, 3.05) is 12.3 Å². The van der Waals surface area contributed by atoms with Gasteiger partial charge in [-0.25, -0.2) is 0 Å². The Bertz CT molecular complexity index is 468. The lowest BCUT2D eigenvalue weighted by atomic mass is 9.80. The number of hydrogen-bond acceptors (Lipinski definition) is 3. The summed E-state index contributed by atoms with van der Waals surface area (Å²) in [6.45, 7) is 5.30. The van der Waals surface area contributed by atoms with Crippen LogP contribution in [0.4, 0.5) is 5.69 Å². The van der Waals surface area contributed by atoms with Crippen molar-refractivity contribution < 1.29 is 9.53 Å². The van der Waals surface area contributed by atoms with E-state index in [2.05, 4.69) is 5.32 Å². The van der Waals surface area contributed by atoms with Crippen LogP contribution in [-0.2, 0) is 16.1 Å². The van der Waals surface area contributed by atoms with Crippen LogP contribution in [0.25, 0.3) is 0 Å². The molecule has 0 atom stereocenters. The van der Waals surface area contributed by atoms with Crippen LogP contribution in [0.3, 0.4) is 0 Å². The fourth-order valence-corrected chi connectivity index (χ4v) is 2.64. The van der Waals surface area contributed by atoms with Gasteiger partial charge in [0.1, 0.15) is 0 Å². The Hall–Kier alpha value is -1.55. The number of carbonyl (C=O) groups excluding carboxylic acids is 1. The van der Waals surface area contributed by atoms with Crippen molar-refractivity contribution in [3.63, 3.8) is 0 Å². The average Bonchev–Trinajstić information content (AvgIpc) is 2.38. The molecule has 1 fully saturated rings. The quantitative estimate of drug-likeness (QED) is 0.784. The number of benzene rings is 1. The van der Waals surface area contributed by atoms with E-state index in [1.807, 2.05) is 32.0 Å². The van der Waals surface area contributed by atoms with E-state index in [0.717, 1.165) is 36.3 Å². The van der Waals surface area contributed by atoms with Crippen molar-refractivity contribution >= 4 is 11.6 Å². The zero-order valence-corrected chi connectivity index (χ0v) is 12.3. The standard InChI is InChI=1S/C16H24N2O2/c1-3-20-14-7-12(8-14)9-16(19)18-10-13-5-4-6-15(17)11(13)2/h4-6,12,14H,3,7-10,17H2,1-2H3,(H,18,19). The Kier molecular flexibility index (Phi) is 5.01. The second-order valence-electron chi connectivity index (χ2n) is 5.53. The highest BCUT2D eigenvalue weighted by molar-refractivity contribution is 5.76. The molecule has 4 heteroatoms. The summed E-state index contributed by atoms with van der Waals surface area (Å²) in [5.74, 6) is 0.597. The summed E-state index contributed by atoms with van der Waals surface area (Å²) in [5, 5.41) is 2.98. The second kappa shape index (κ2) is 6.75. The van der Waals surface area contributed by atoms with E-state index in [-0.39, 0.29) is 5.91 Å². The molecule has 2 rings (SSSR count). The van der Waals surface area contributed by atoms with E-state index in [0.29, 0.717) is 25.0 Å². The monoisotopic (exact) mass is 276 g/mol. The van der Waals surface area contributed by atoms with E-state index < -0.39 is 0 Å². The molecule has 1 aliphatic carbocycles. The summed E-state index contributed by atoms with van der Waals surface area (Å²) in [6.07, 6.45) is 3.00. The van der Waals surface area contributed by atoms with Crippen LogP contribution in [0.2, 0.25) is 0 Å². The van der Waals surface area contributed by atoms with E-state index in [1.165, 1.54) is 0 Å². The number of amides is 1. The van der Waals surface area contributed by atoms with Gasteiger partial charge >= 0.3 is 0 Å². The first kappa shape index (κ1) is 14.9. The van der Waals surface area contributed by atoms with Gasteiger partial charge in [-0.2, -0.15) is 0 Å². The third-order valence-electron chi connectivity index (χ3n) is 4.03. The third kappa shape index (κ3) is 3.73. The van der Waals surface area contributed by atoms with Crippen molar-refractivity contribution in [1.82, 2.24) is 5.32 Å². The van der Waals surface area contributed by atoms with Gasteiger partial charge in [-0.3, -0.25) is 4.79 Å². The smallest absolute Gasteiger partial charge is 0.220 e. The van der Waals surface area contributed by atoms with Crippen molar-refractivity contribution in [1.29, 1.82) is 0 Å². The van der Waals surface area contributed by atoms with Crippen molar-refractivity contribution in [3.05, 3.63) is 29.3 Å². The van der Waals surface area contributed by atoms with Gasteiger partial charge in [-0.05, 0) is 49.8 Å². The zero-order valence-electron chi connectivity index (χ0n) is 12.3. The number of hydrogen-bond donors (Lipinski definition) is 2. The molecule has 4 nitrogen and oxygen atoms in total. The highest BCUT2D eigenvalue weighted by Gasteiger charge is 2.30. The minimum absolute atomic E-state index is 0.117. The topological polar surface area (TPSA) is 64.3 Å². The molecule has 0 heterocycles. The molecule has 1 amide bonds. The first-order valence-corrected chi connectivity index (χ1v) is 7.32. The molecule has 20 heavy (non-hydrogen) atoms. The highest BCUT2D eigenvalue weighted by Crippen LogP contribution is 2.32. The fraction of sp³-hybridized carbons (Fsp3) is 0.562. The lowest BCUT2D eigenvalue weighted by molar-refractivity contribution is -0.124. The lowest BCUT2D eigenvalue weighted by Gasteiger charge is -2.34. The summed E-state index contributed by atoms with van der Waals surface area (Å²) in [7, 11) is 0. The summed E-state index contributed by atoms with van der Waals surface area (Å²) in [5.41, 5.74) is 8.76. The summed E-state index contributed by atoms with van der Waals surface area (Å²) >= 11 is 0. The minimum Gasteiger partial charge on any atom is -0.399 e. The summed E-state index contributed by atoms with van der Waals surface area (Å²) in [6, 6.07) is 5.80. The molecule has 0 bridgehead atoms. The molecule has 1 aromatic rings. The molecule has 1 saturated carbocycles. The van der Waals surface area contributed by atoms with Crippen molar-refractivity contribution in [2.24, 2.45) is 5.92 Å². The maximum absolute atomic E-state index is 11.9. The van der Waals surface area contributed by atoms with Gasteiger partial charge in [0.25, 0.3) is 0 Å².